The zero-order valence-corrected chi connectivity index (χ0v) is 14.5. The first kappa shape index (κ1) is 17.2. The van der Waals surface area contributed by atoms with Gasteiger partial charge in [0.05, 0.1) is 12.5 Å². The van der Waals surface area contributed by atoms with Crippen LogP contribution in [0.25, 0.3) is 0 Å². The average Bonchev–Trinajstić information content (AvgIpc) is 3.26. The maximum absolute atomic E-state index is 13.9. The Kier molecular flexibility index (Phi) is 5.68. The number of hydrogen-bond donors (Lipinski definition) is 1. The maximum Gasteiger partial charge on any atom is 0.114 e. The smallest absolute Gasteiger partial charge is 0.114 e. The fourth-order valence-electron chi connectivity index (χ4n) is 3.37. The number of rotatable bonds is 8. The Bertz CT molecular complexity index is 612. The lowest BCUT2D eigenvalue weighted by Crippen LogP contribution is -2.40. The number of alkyl halides is 1. The Morgan fingerprint density at radius 2 is 2.38 bits per heavy atom. The van der Waals surface area contributed by atoms with Gasteiger partial charge >= 0.3 is 0 Å². The lowest BCUT2D eigenvalue weighted by atomic mass is 10.1. The van der Waals surface area contributed by atoms with Crippen LogP contribution in [0.5, 0.6) is 0 Å². The molecule has 3 atom stereocenters. The molecule has 0 radical (unpaired) electrons. The number of halogens is 1. The van der Waals surface area contributed by atoms with Gasteiger partial charge in [-0.3, -0.25) is 9.58 Å². The van der Waals surface area contributed by atoms with Crippen LogP contribution < -0.4 is 5.32 Å². The molecule has 0 amide bonds. The van der Waals surface area contributed by atoms with E-state index in [9.17, 15) is 4.39 Å². The van der Waals surface area contributed by atoms with E-state index in [0.717, 1.165) is 37.3 Å². The van der Waals surface area contributed by atoms with Crippen molar-refractivity contribution in [2.45, 2.75) is 51.0 Å². The molecule has 2 aromatic rings. The normalized spacial score (nSPS) is 23.0. The van der Waals surface area contributed by atoms with E-state index in [2.05, 4.69) is 22.2 Å². The van der Waals surface area contributed by atoms with Crippen molar-refractivity contribution in [3.8, 4) is 0 Å². The minimum absolute atomic E-state index is 0.242. The second-order valence-corrected chi connectivity index (χ2v) is 6.87. The predicted molar refractivity (Wildman–Crippen MR) is 91.4 cm³/mol. The average molecular weight is 334 g/mol. The molecule has 1 fully saturated rings. The third-order valence-electron chi connectivity index (χ3n) is 4.73. The van der Waals surface area contributed by atoms with E-state index >= 15 is 0 Å². The fraction of sp³-hybridized carbons (Fsp3) is 0.611. The van der Waals surface area contributed by atoms with Crippen molar-refractivity contribution in [2.75, 3.05) is 13.1 Å². The van der Waals surface area contributed by atoms with E-state index in [0.29, 0.717) is 19.0 Å². The molecule has 3 rings (SSSR count). The van der Waals surface area contributed by atoms with Gasteiger partial charge in [-0.2, -0.15) is 5.10 Å². The standard InChI is InChI=1S/C18H27FN4O/c1-14(5-6-18-4-3-7-24-18)20-10-17-8-16(19)13-23(17)12-15-9-21-22(2)11-15/h3-4,7,9,11,14,16-17,20H,5-6,8,10,12-13H2,1-2H3/t14-,16-,17-/m0/s1. The van der Waals surface area contributed by atoms with Crippen molar-refractivity contribution in [2.24, 2.45) is 7.05 Å². The maximum atomic E-state index is 13.9. The highest BCUT2D eigenvalue weighted by atomic mass is 19.1. The topological polar surface area (TPSA) is 46.2 Å². The number of likely N-dealkylation sites (tertiary alicyclic amines) is 1. The van der Waals surface area contributed by atoms with Crippen molar-refractivity contribution in [3.05, 3.63) is 42.1 Å². The van der Waals surface area contributed by atoms with Crippen molar-refractivity contribution in [3.63, 3.8) is 0 Å². The van der Waals surface area contributed by atoms with Crippen LogP contribution in [0.2, 0.25) is 0 Å². The molecule has 0 spiro atoms. The van der Waals surface area contributed by atoms with Crippen LogP contribution in [0.1, 0.15) is 31.1 Å². The summed E-state index contributed by atoms with van der Waals surface area (Å²) in [6.45, 7) is 4.28. The quantitative estimate of drug-likeness (QED) is 0.806. The zero-order chi connectivity index (χ0) is 16.9. The number of hydrogen-bond acceptors (Lipinski definition) is 4. The number of furan rings is 1. The second-order valence-electron chi connectivity index (χ2n) is 6.87. The highest BCUT2D eigenvalue weighted by molar-refractivity contribution is 5.05. The molecule has 5 nitrogen and oxygen atoms in total. The van der Waals surface area contributed by atoms with Crippen LogP contribution in [-0.2, 0) is 20.0 Å². The highest BCUT2D eigenvalue weighted by Gasteiger charge is 2.32. The van der Waals surface area contributed by atoms with E-state index in [1.807, 2.05) is 31.6 Å². The van der Waals surface area contributed by atoms with Crippen LogP contribution in [0.3, 0.4) is 0 Å². The van der Waals surface area contributed by atoms with Gasteiger partial charge in [0.15, 0.2) is 0 Å². The van der Waals surface area contributed by atoms with E-state index in [1.165, 1.54) is 0 Å². The summed E-state index contributed by atoms with van der Waals surface area (Å²) in [7, 11) is 1.91. The SMILES string of the molecule is C[C@@H](CCc1ccco1)NC[C@@H]1C[C@H](F)CN1Cc1cnn(C)c1. The van der Waals surface area contributed by atoms with Gasteiger partial charge in [0.25, 0.3) is 0 Å². The van der Waals surface area contributed by atoms with Crippen LogP contribution in [0, 0.1) is 0 Å². The van der Waals surface area contributed by atoms with Gasteiger partial charge in [-0.1, -0.05) is 0 Å². The molecule has 0 aliphatic carbocycles. The van der Waals surface area contributed by atoms with Crippen LogP contribution in [0.4, 0.5) is 4.39 Å². The first-order chi connectivity index (χ1) is 11.6. The minimum Gasteiger partial charge on any atom is -0.469 e. The Hall–Kier alpha value is -1.66. The van der Waals surface area contributed by atoms with Crippen LogP contribution >= 0.6 is 0 Å². The Balaban J connectivity index is 1.45. The van der Waals surface area contributed by atoms with Gasteiger partial charge in [0.2, 0.25) is 0 Å². The van der Waals surface area contributed by atoms with Crippen molar-refractivity contribution in [1.82, 2.24) is 20.0 Å². The van der Waals surface area contributed by atoms with Gasteiger partial charge in [-0.05, 0) is 31.9 Å². The molecule has 0 bridgehead atoms. The molecule has 6 heteroatoms. The monoisotopic (exact) mass is 334 g/mol. The van der Waals surface area contributed by atoms with Gasteiger partial charge in [0.1, 0.15) is 11.9 Å². The summed E-state index contributed by atoms with van der Waals surface area (Å²) in [6.07, 6.45) is 7.40. The van der Waals surface area contributed by atoms with E-state index in [4.69, 9.17) is 4.42 Å². The highest BCUT2D eigenvalue weighted by Crippen LogP contribution is 2.22. The fourth-order valence-corrected chi connectivity index (χ4v) is 3.37. The summed E-state index contributed by atoms with van der Waals surface area (Å²) >= 11 is 0. The summed E-state index contributed by atoms with van der Waals surface area (Å²) in [5, 5.41) is 7.76. The number of aryl methyl sites for hydroxylation is 2. The Morgan fingerprint density at radius 3 is 3.08 bits per heavy atom. The number of nitrogens with zero attached hydrogens (tertiary/aromatic N) is 3. The number of nitrogens with one attached hydrogen (secondary N) is 1. The predicted octanol–water partition coefficient (Wildman–Crippen LogP) is 2.54. The number of aromatic nitrogens is 2. The summed E-state index contributed by atoms with van der Waals surface area (Å²) in [5.74, 6) is 1.02. The molecule has 1 N–H and O–H groups in total. The molecular weight excluding hydrogens is 307 g/mol. The summed E-state index contributed by atoms with van der Waals surface area (Å²) in [5.41, 5.74) is 1.14. The minimum atomic E-state index is -0.730. The molecule has 2 aromatic heterocycles. The molecule has 0 unspecified atom stereocenters. The van der Waals surface area contributed by atoms with Crippen LogP contribution in [0.15, 0.2) is 35.2 Å². The largest absolute Gasteiger partial charge is 0.469 e. The summed E-state index contributed by atoms with van der Waals surface area (Å²) in [6, 6.07) is 4.55. The molecule has 0 aromatic carbocycles. The third-order valence-corrected chi connectivity index (χ3v) is 4.73. The third kappa shape index (κ3) is 4.68. The molecule has 1 aliphatic rings. The molecule has 24 heavy (non-hydrogen) atoms. The Morgan fingerprint density at radius 1 is 1.50 bits per heavy atom. The summed E-state index contributed by atoms with van der Waals surface area (Å²) < 4.78 is 21.0. The Labute approximate surface area is 142 Å². The van der Waals surface area contributed by atoms with E-state index in [-0.39, 0.29) is 6.04 Å². The van der Waals surface area contributed by atoms with Gasteiger partial charge in [0, 0.05) is 56.9 Å². The van der Waals surface area contributed by atoms with Crippen molar-refractivity contribution >= 4 is 0 Å². The molecular formula is C18H27FN4O. The second kappa shape index (κ2) is 7.94. The zero-order valence-electron chi connectivity index (χ0n) is 14.5. The van der Waals surface area contributed by atoms with Gasteiger partial charge in [-0.15, -0.1) is 0 Å². The first-order valence-corrected chi connectivity index (χ1v) is 8.71. The molecule has 1 saturated heterocycles. The van der Waals surface area contributed by atoms with E-state index in [1.54, 1.807) is 10.9 Å². The molecule has 132 valence electrons. The molecule has 1 aliphatic heterocycles. The molecule has 3 heterocycles. The van der Waals surface area contributed by atoms with Crippen molar-refractivity contribution in [1.29, 1.82) is 0 Å². The molecule has 0 saturated carbocycles. The lowest BCUT2D eigenvalue weighted by Gasteiger charge is -2.25. The first-order valence-electron chi connectivity index (χ1n) is 8.71. The lowest BCUT2D eigenvalue weighted by molar-refractivity contribution is 0.226. The van der Waals surface area contributed by atoms with Gasteiger partial charge in [-0.25, -0.2) is 4.39 Å². The summed E-state index contributed by atoms with van der Waals surface area (Å²) in [4.78, 5) is 2.23. The van der Waals surface area contributed by atoms with Gasteiger partial charge < -0.3 is 9.73 Å². The van der Waals surface area contributed by atoms with Crippen LogP contribution in [-0.4, -0.2) is 46.0 Å². The van der Waals surface area contributed by atoms with E-state index < -0.39 is 6.17 Å². The van der Waals surface area contributed by atoms with Crippen molar-refractivity contribution < 1.29 is 8.81 Å².